The first-order chi connectivity index (χ1) is 9.17. The van der Waals surface area contributed by atoms with E-state index in [0.717, 1.165) is 29.9 Å². The topological polar surface area (TPSA) is 19.0 Å². The van der Waals surface area contributed by atoms with Crippen LogP contribution in [-0.2, 0) is 5.67 Å². The van der Waals surface area contributed by atoms with Crippen LogP contribution < -0.4 is 0 Å². The molecule has 1 aliphatic heterocycles. The number of hydrogen-bond donors (Lipinski definition) is 1. The molecule has 1 N–H and O–H groups in total. The molecule has 1 aromatic carbocycles. The molecule has 1 aliphatic rings. The van der Waals surface area contributed by atoms with Crippen molar-refractivity contribution < 1.29 is 4.39 Å². The first-order valence-electron chi connectivity index (χ1n) is 6.79. The van der Waals surface area contributed by atoms with E-state index in [9.17, 15) is 4.39 Å². The van der Waals surface area contributed by atoms with Crippen molar-refractivity contribution in [2.24, 2.45) is 0 Å². The van der Waals surface area contributed by atoms with Gasteiger partial charge in [0.05, 0.1) is 0 Å². The second-order valence-corrected chi connectivity index (χ2v) is 5.43. The molecule has 2 aromatic rings. The van der Waals surface area contributed by atoms with E-state index in [4.69, 9.17) is 0 Å². The van der Waals surface area contributed by atoms with E-state index >= 15 is 0 Å². The number of halogens is 1. The largest absolute Gasteiger partial charge is 0.361 e. The normalized spacial score (nSPS) is 19.5. The lowest BCUT2D eigenvalue weighted by Crippen LogP contribution is -2.37. The van der Waals surface area contributed by atoms with Crippen molar-refractivity contribution >= 4 is 0 Å². The van der Waals surface area contributed by atoms with Gasteiger partial charge in [0, 0.05) is 25.0 Å². The molecule has 0 unspecified atom stereocenters. The molecule has 0 amide bonds. The Labute approximate surface area is 113 Å². The van der Waals surface area contributed by atoms with Crippen LogP contribution in [-0.4, -0.2) is 30.0 Å². The zero-order valence-electron chi connectivity index (χ0n) is 11.2. The maximum absolute atomic E-state index is 14.9. The standard InChI is InChI=1S/C16H19FN2/c1-19-11-8-16(17,9-12-19)14-6-4-13(5-7-14)15-3-2-10-18-15/h2-7,10,18H,8-9,11-12H2,1H3. The Bertz CT molecular complexity index is 522. The highest BCUT2D eigenvalue weighted by Gasteiger charge is 2.35. The van der Waals surface area contributed by atoms with Crippen LogP contribution in [0.3, 0.4) is 0 Å². The van der Waals surface area contributed by atoms with Gasteiger partial charge in [0.15, 0.2) is 0 Å². The second kappa shape index (κ2) is 4.82. The lowest BCUT2D eigenvalue weighted by molar-refractivity contribution is 0.0674. The number of aromatic amines is 1. The highest BCUT2D eigenvalue weighted by Crippen LogP contribution is 2.37. The fourth-order valence-corrected chi connectivity index (χ4v) is 2.72. The number of benzene rings is 1. The van der Waals surface area contributed by atoms with Crippen molar-refractivity contribution in [1.29, 1.82) is 0 Å². The second-order valence-electron chi connectivity index (χ2n) is 5.43. The van der Waals surface area contributed by atoms with Crippen molar-refractivity contribution in [3.8, 4) is 11.3 Å². The number of piperidine rings is 1. The highest BCUT2D eigenvalue weighted by molar-refractivity contribution is 5.59. The summed E-state index contributed by atoms with van der Waals surface area (Å²) in [5, 5.41) is 0. The molecule has 1 saturated heterocycles. The smallest absolute Gasteiger partial charge is 0.138 e. The van der Waals surface area contributed by atoms with E-state index in [0.29, 0.717) is 12.8 Å². The maximum atomic E-state index is 14.9. The van der Waals surface area contributed by atoms with Gasteiger partial charge in [-0.2, -0.15) is 0 Å². The van der Waals surface area contributed by atoms with Crippen molar-refractivity contribution in [3.05, 3.63) is 48.2 Å². The number of nitrogens with zero attached hydrogens (tertiary/aromatic N) is 1. The molecule has 0 bridgehead atoms. The Morgan fingerprint density at radius 3 is 2.37 bits per heavy atom. The van der Waals surface area contributed by atoms with E-state index in [-0.39, 0.29) is 0 Å². The Hall–Kier alpha value is -1.61. The number of H-pyrrole nitrogens is 1. The zero-order chi connectivity index (χ0) is 13.3. The highest BCUT2D eigenvalue weighted by atomic mass is 19.1. The Morgan fingerprint density at radius 2 is 1.79 bits per heavy atom. The van der Waals surface area contributed by atoms with Gasteiger partial charge in [-0.25, -0.2) is 4.39 Å². The molecule has 0 saturated carbocycles. The predicted molar refractivity (Wildman–Crippen MR) is 75.7 cm³/mol. The number of rotatable bonds is 2. The average Bonchev–Trinajstić information content (AvgIpc) is 2.97. The Kier molecular flexibility index (Phi) is 3.15. The van der Waals surface area contributed by atoms with Crippen molar-refractivity contribution in [1.82, 2.24) is 9.88 Å². The van der Waals surface area contributed by atoms with Crippen molar-refractivity contribution in [2.45, 2.75) is 18.5 Å². The monoisotopic (exact) mass is 258 g/mol. The van der Waals surface area contributed by atoms with E-state index in [1.54, 1.807) is 0 Å². The summed E-state index contributed by atoms with van der Waals surface area (Å²) in [5.74, 6) is 0. The number of hydrogen-bond acceptors (Lipinski definition) is 1. The third-order valence-electron chi connectivity index (χ3n) is 4.09. The zero-order valence-corrected chi connectivity index (χ0v) is 11.2. The van der Waals surface area contributed by atoms with Gasteiger partial charge in [-0.05, 0) is 43.1 Å². The lowest BCUT2D eigenvalue weighted by atomic mass is 9.86. The van der Waals surface area contributed by atoms with Gasteiger partial charge in [-0.15, -0.1) is 0 Å². The quantitative estimate of drug-likeness (QED) is 0.872. The molecule has 0 radical (unpaired) electrons. The van der Waals surface area contributed by atoms with E-state index in [2.05, 4.69) is 9.88 Å². The van der Waals surface area contributed by atoms with Crippen LogP contribution in [0.4, 0.5) is 4.39 Å². The van der Waals surface area contributed by atoms with Gasteiger partial charge in [0.2, 0.25) is 0 Å². The van der Waals surface area contributed by atoms with Crippen LogP contribution in [0.2, 0.25) is 0 Å². The molecular formula is C16H19FN2. The van der Waals surface area contributed by atoms with Gasteiger partial charge < -0.3 is 9.88 Å². The molecule has 0 atom stereocenters. The Balaban J connectivity index is 1.82. The first-order valence-corrected chi connectivity index (χ1v) is 6.79. The Morgan fingerprint density at radius 1 is 1.11 bits per heavy atom. The number of nitrogens with one attached hydrogen (secondary N) is 1. The lowest BCUT2D eigenvalue weighted by Gasteiger charge is -2.34. The van der Waals surface area contributed by atoms with Crippen LogP contribution in [0.1, 0.15) is 18.4 Å². The van der Waals surface area contributed by atoms with Crippen LogP contribution >= 0.6 is 0 Å². The fourth-order valence-electron chi connectivity index (χ4n) is 2.72. The average molecular weight is 258 g/mol. The first kappa shape index (κ1) is 12.4. The molecule has 1 fully saturated rings. The number of alkyl halides is 1. The summed E-state index contributed by atoms with van der Waals surface area (Å²) in [6.07, 6.45) is 3.08. The van der Waals surface area contributed by atoms with Crippen LogP contribution in [0, 0.1) is 0 Å². The summed E-state index contributed by atoms with van der Waals surface area (Å²) in [4.78, 5) is 5.35. The molecule has 3 rings (SSSR count). The van der Waals surface area contributed by atoms with Gasteiger partial charge in [0.1, 0.15) is 5.67 Å². The third-order valence-corrected chi connectivity index (χ3v) is 4.09. The molecule has 2 nitrogen and oxygen atoms in total. The molecular weight excluding hydrogens is 239 g/mol. The summed E-state index contributed by atoms with van der Waals surface area (Å²) in [6, 6.07) is 11.9. The minimum Gasteiger partial charge on any atom is -0.361 e. The van der Waals surface area contributed by atoms with Gasteiger partial charge in [-0.1, -0.05) is 24.3 Å². The van der Waals surface area contributed by atoms with Crippen LogP contribution in [0.5, 0.6) is 0 Å². The van der Waals surface area contributed by atoms with Crippen molar-refractivity contribution in [3.63, 3.8) is 0 Å². The summed E-state index contributed by atoms with van der Waals surface area (Å²) >= 11 is 0. The third kappa shape index (κ3) is 2.43. The van der Waals surface area contributed by atoms with E-state index in [1.807, 2.05) is 49.6 Å². The summed E-state index contributed by atoms with van der Waals surface area (Å²) in [6.45, 7) is 1.66. The number of likely N-dealkylation sites (tertiary alicyclic amines) is 1. The summed E-state index contributed by atoms with van der Waals surface area (Å²) in [7, 11) is 2.05. The molecule has 1 aromatic heterocycles. The fraction of sp³-hybridized carbons (Fsp3) is 0.375. The summed E-state index contributed by atoms with van der Waals surface area (Å²) < 4.78 is 14.9. The minimum atomic E-state index is -1.15. The van der Waals surface area contributed by atoms with Gasteiger partial charge in [-0.3, -0.25) is 0 Å². The van der Waals surface area contributed by atoms with E-state index in [1.165, 1.54) is 0 Å². The minimum absolute atomic E-state index is 0.589. The predicted octanol–water partition coefficient (Wildman–Crippen LogP) is 3.57. The number of aromatic nitrogens is 1. The van der Waals surface area contributed by atoms with Gasteiger partial charge >= 0.3 is 0 Å². The van der Waals surface area contributed by atoms with Crippen LogP contribution in [0.15, 0.2) is 42.6 Å². The van der Waals surface area contributed by atoms with Crippen molar-refractivity contribution in [2.75, 3.05) is 20.1 Å². The maximum Gasteiger partial charge on any atom is 0.138 e. The molecule has 100 valence electrons. The molecule has 19 heavy (non-hydrogen) atoms. The SMILES string of the molecule is CN1CCC(F)(c2ccc(-c3ccc[nH]3)cc2)CC1. The molecule has 3 heteroatoms. The molecule has 0 spiro atoms. The summed E-state index contributed by atoms with van der Waals surface area (Å²) in [5.41, 5.74) is 1.84. The van der Waals surface area contributed by atoms with Crippen LogP contribution in [0.25, 0.3) is 11.3 Å². The molecule has 0 aliphatic carbocycles. The van der Waals surface area contributed by atoms with E-state index < -0.39 is 5.67 Å². The molecule has 2 heterocycles. The van der Waals surface area contributed by atoms with Gasteiger partial charge in [0.25, 0.3) is 0 Å².